The Labute approximate surface area is 153 Å². The minimum absolute atomic E-state index is 0.0780. The monoisotopic (exact) mass is 374 g/mol. The summed E-state index contributed by atoms with van der Waals surface area (Å²) in [5.74, 6) is 0.210. The number of hydrogen-bond acceptors (Lipinski definition) is 4. The number of anilines is 1. The molecule has 2 aromatic carbocycles. The molecule has 0 saturated carbocycles. The van der Waals surface area contributed by atoms with Crippen LogP contribution in [-0.4, -0.2) is 34.0 Å². The highest BCUT2D eigenvalue weighted by atomic mass is 32.2. The Hall–Kier alpha value is -2.38. The van der Waals surface area contributed by atoms with Crippen LogP contribution in [0.4, 0.5) is 5.69 Å². The molecule has 0 aromatic heterocycles. The first-order valence-electron chi connectivity index (χ1n) is 8.37. The third kappa shape index (κ3) is 3.59. The van der Waals surface area contributed by atoms with Gasteiger partial charge in [-0.15, -0.1) is 0 Å². The molecule has 1 fully saturated rings. The van der Waals surface area contributed by atoms with Gasteiger partial charge < -0.3 is 9.64 Å². The van der Waals surface area contributed by atoms with Crippen molar-refractivity contribution in [1.29, 1.82) is 0 Å². The summed E-state index contributed by atoms with van der Waals surface area (Å²) < 4.78 is 32.8. The summed E-state index contributed by atoms with van der Waals surface area (Å²) in [6.45, 7) is 4.48. The second kappa shape index (κ2) is 7.09. The number of aryl methyl sites for hydroxylation is 2. The lowest BCUT2D eigenvalue weighted by Crippen LogP contribution is -2.41. The Kier molecular flexibility index (Phi) is 5.02. The van der Waals surface area contributed by atoms with Crippen molar-refractivity contribution in [3.05, 3.63) is 53.6 Å². The van der Waals surface area contributed by atoms with Gasteiger partial charge in [-0.2, -0.15) is 4.72 Å². The molecular weight excluding hydrogens is 352 g/mol. The van der Waals surface area contributed by atoms with Crippen LogP contribution in [0, 0.1) is 13.8 Å². The zero-order valence-corrected chi connectivity index (χ0v) is 15.8. The minimum atomic E-state index is -3.81. The molecule has 2 aromatic rings. The molecular formula is C19H22N2O4S. The first-order valence-corrected chi connectivity index (χ1v) is 9.85. The molecule has 1 unspecified atom stereocenters. The second-order valence-corrected chi connectivity index (χ2v) is 8.11. The first kappa shape index (κ1) is 18.4. The summed E-state index contributed by atoms with van der Waals surface area (Å²) >= 11 is 0. The van der Waals surface area contributed by atoms with Crippen molar-refractivity contribution in [2.75, 3.05) is 18.6 Å². The number of nitrogens with zero attached hydrogens (tertiary/aromatic N) is 1. The van der Waals surface area contributed by atoms with E-state index >= 15 is 0 Å². The average molecular weight is 374 g/mol. The van der Waals surface area contributed by atoms with Crippen LogP contribution in [-0.2, 0) is 14.8 Å². The summed E-state index contributed by atoms with van der Waals surface area (Å²) in [5.41, 5.74) is 3.03. The van der Waals surface area contributed by atoms with Crippen molar-refractivity contribution >= 4 is 21.6 Å². The molecule has 1 heterocycles. The van der Waals surface area contributed by atoms with E-state index < -0.39 is 16.1 Å². The van der Waals surface area contributed by atoms with Gasteiger partial charge >= 0.3 is 0 Å². The van der Waals surface area contributed by atoms with Crippen LogP contribution in [0.3, 0.4) is 0 Å². The zero-order chi connectivity index (χ0) is 18.9. The molecule has 1 saturated heterocycles. The van der Waals surface area contributed by atoms with Crippen LogP contribution < -0.4 is 14.4 Å². The molecule has 0 spiro atoms. The van der Waals surface area contributed by atoms with Crippen LogP contribution in [0.25, 0.3) is 0 Å². The smallest absolute Gasteiger partial charge is 0.245 e. The number of amides is 1. The number of ether oxygens (including phenoxy) is 1. The van der Waals surface area contributed by atoms with E-state index in [2.05, 4.69) is 4.72 Å². The Morgan fingerprint density at radius 3 is 2.58 bits per heavy atom. The highest BCUT2D eigenvalue weighted by Gasteiger charge is 2.35. The maximum atomic E-state index is 12.7. The number of carbonyl (C=O) groups is 1. The van der Waals surface area contributed by atoms with Crippen molar-refractivity contribution in [3.63, 3.8) is 0 Å². The van der Waals surface area contributed by atoms with E-state index in [4.69, 9.17) is 4.74 Å². The summed E-state index contributed by atoms with van der Waals surface area (Å²) in [5, 5.41) is 0. The maximum absolute atomic E-state index is 12.7. The Bertz CT molecular complexity index is 940. The predicted molar refractivity (Wildman–Crippen MR) is 100.0 cm³/mol. The number of methoxy groups -OCH3 is 1. The van der Waals surface area contributed by atoms with E-state index in [9.17, 15) is 13.2 Å². The standard InChI is InChI=1S/C19H22N2O4S/c1-13-7-8-15(11-14(13)2)21-10-9-18(19(21)22)20-26(23,24)17-6-4-5-16(12-17)25-3/h4-8,11-12,18,20H,9-10H2,1-3H3. The highest BCUT2D eigenvalue weighted by molar-refractivity contribution is 7.89. The lowest BCUT2D eigenvalue weighted by Gasteiger charge is -2.18. The van der Waals surface area contributed by atoms with Crippen LogP contribution in [0.5, 0.6) is 5.75 Å². The van der Waals surface area contributed by atoms with Gasteiger partial charge in [-0.1, -0.05) is 12.1 Å². The minimum Gasteiger partial charge on any atom is -0.497 e. The van der Waals surface area contributed by atoms with Crippen molar-refractivity contribution in [2.24, 2.45) is 0 Å². The van der Waals surface area contributed by atoms with Crippen molar-refractivity contribution in [1.82, 2.24) is 4.72 Å². The van der Waals surface area contributed by atoms with Gasteiger partial charge in [0.25, 0.3) is 0 Å². The molecule has 1 atom stereocenters. The first-order chi connectivity index (χ1) is 12.3. The number of rotatable bonds is 5. The van der Waals surface area contributed by atoms with Gasteiger partial charge in [-0.05, 0) is 55.7 Å². The van der Waals surface area contributed by atoms with Crippen LogP contribution in [0.15, 0.2) is 47.4 Å². The third-order valence-corrected chi connectivity index (χ3v) is 6.13. The van der Waals surface area contributed by atoms with E-state index in [1.165, 1.54) is 19.2 Å². The fourth-order valence-electron chi connectivity index (χ4n) is 2.96. The second-order valence-electron chi connectivity index (χ2n) is 6.40. The number of nitrogens with one attached hydrogen (secondary N) is 1. The van der Waals surface area contributed by atoms with Gasteiger partial charge in [0.2, 0.25) is 15.9 Å². The fraction of sp³-hybridized carbons (Fsp3) is 0.316. The third-order valence-electron chi connectivity index (χ3n) is 4.66. The predicted octanol–water partition coefficient (Wildman–Crippen LogP) is 2.40. The normalized spacial score (nSPS) is 17.6. The van der Waals surface area contributed by atoms with Gasteiger partial charge in [-0.25, -0.2) is 8.42 Å². The van der Waals surface area contributed by atoms with E-state index in [0.29, 0.717) is 18.7 Å². The quantitative estimate of drug-likeness (QED) is 0.872. The van der Waals surface area contributed by atoms with Crippen molar-refractivity contribution in [2.45, 2.75) is 31.2 Å². The average Bonchev–Trinajstić information content (AvgIpc) is 2.97. The Morgan fingerprint density at radius 1 is 1.12 bits per heavy atom. The molecule has 1 aliphatic heterocycles. The summed E-state index contributed by atoms with van der Waals surface area (Å²) in [6.07, 6.45) is 0.426. The molecule has 26 heavy (non-hydrogen) atoms. The van der Waals surface area contributed by atoms with Gasteiger partial charge in [0.1, 0.15) is 11.8 Å². The highest BCUT2D eigenvalue weighted by Crippen LogP contribution is 2.25. The maximum Gasteiger partial charge on any atom is 0.245 e. The van der Waals surface area contributed by atoms with Gasteiger partial charge in [0, 0.05) is 18.3 Å². The van der Waals surface area contributed by atoms with Gasteiger partial charge in [-0.3, -0.25) is 4.79 Å². The van der Waals surface area contributed by atoms with Crippen LogP contribution in [0.1, 0.15) is 17.5 Å². The van der Waals surface area contributed by atoms with E-state index in [0.717, 1.165) is 16.8 Å². The fourth-order valence-corrected chi connectivity index (χ4v) is 4.22. The summed E-state index contributed by atoms with van der Waals surface area (Å²) in [7, 11) is -2.33. The van der Waals surface area contributed by atoms with Crippen LogP contribution in [0.2, 0.25) is 0 Å². The summed E-state index contributed by atoms with van der Waals surface area (Å²) in [4.78, 5) is 14.4. The molecule has 138 valence electrons. The zero-order valence-electron chi connectivity index (χ0n) is 15.0. The van der Waals surface area contributed by atoms with Crippen LogP contribution >= 0.6 is 0 Å². The lowest BCUT2D eigenvalue weighted by atomic mass is 10.1. The Morgan fingerprint density at radius 2 is 1.88 bits per heavy atom. The molecule has 1 N–H and O–H groups in total. The lowest BCUT2D eigenvalue weighted by molar-refractivity contribution is -0.118. The molecule has 1 aliphatic rings. The number of carbonyl (C=O) groups excluding carboxylic acids is 1. The molecule has 0 bridgehead atoms. The van der Waals surface area contributed by atoms with Crippen molar-refractivity contribution < 1.29 is 17.9 Å². The van der Waals surface area contributed by atoms with E-state index in [1.807, 2.05) is 32.0 Å². The molecule has 0 aliphatic carbocycles. The van der Waals surface area contributed by atoms with Gasteiger partial charge in [0.15, 0.2) is 0 Å². The Balaban J connectivity index is 1.78. The number of sulfonamides is 1. The number of hydrogen-bond donors (Lipinski definition) is 1. The molecule has 7 heteroatoms. The largest absolute Gasteiger partial charge is 0.497 e. The summed E-state index contributed by atoms with van der Waals surface area (Å²) in [6, 6.07) is 11.2. The number of benzene rings is 2. The van der Waals surface area contributed by atoms with E-state index in [1.54, 1.807) is 17.0 Å². The topological polar surface area (TPSA) is 75.7 Å². The van der Waals surface area contributed by atoms with E-state index in [-0.39, 0.29) is 10.8 Å². The molecule has 6 nitrogen and oxygen atoms in total. The molecule has 1 amide bonds. The van der Waals surface area contributed by atoms with Gasteiger partial charge in [0.05, 0.1) is 12.0 Å². The molecule has 3 rings (SSSR count). The van der Waals surface area contributed by atoms with Crippen molar-refractivity contribution in [3.8, 4) is 5.75 Å². The SMILES string of the molecule is COc1cccc(S(=O)(=O)NC2CCN(c3ccc(C)c(C)c3)C2=O)c1. The molecule has 0 radical (unpaired) electrons.